The quantitative estimate of drug-likeness (QED) is 0.443. The van der Waals surface area contributed by atoms with E-state index < -0.39 is 11.9 Å². The van der Waals surface area contributed by atoms with Gasteiger partial charge in [0.25, 0.3) is 11.6 Å². The van der Waals surface area contributed by atoms with Crippen molar-refractivity contribution in [1.82, 2.24) is 41.2 Å². The van der Waals surface area contributed by atoms with Crippen LogP contribution in [0.25, 0.3) is 0 Å². The number of rotatable bonds is 2. The van der Waals surface area contributed by atoms with Crippen molar-refractivity contribution >= 4 is 11.9 Å². The van der Waals surface area contributed by atoms with Crippen LogP contribution in [-0.2, 0) is 19.5 Å². The van der Waals surface area contributed by atoms with Crippen LogP contribution in [0.5, 0.6) is 0 Å². The molecule has 86 valence electrons. The maximum atomic E-state index is 9.88. The van der Waals surface area contributed by atoms with Crippen LogP contribution in [0.15, 0.2) is 0 Å². The first-order valence-electron chi connectivity index (χ1n) is 3.54. The maximum absolute atomic E-state index is 9.88. The van der Waals surface area contributed by atoms with E-state index in [9.17, 15) is 9.59 Å². The van der Waals surface area contributed by atoms with Gasteiger partial charge in [-0.05, 0) is 10.4 Å². The molecule has 0 bridgehead atoms. The summed E-state index contributed by atoms with van der Waals surface area (Å²) in [6, 6.07) is 0. The molecular formula is C4H4N8O4Zn. The molecule has 2 aromatic rings. The first-order valence-corrected chi connectivity index (χ1v) is 3.54. The normalized spacial score (nSPS) is 8.47. The van der Waals surface area contributed by atoms with E-state index in [0.717, 1.165) is 0 Å². The third-order valence-electron chi connectivity index (χ3n) is 1.07. The summed E-state index contributed by atoms with van der Waals surface area (Å²) in [5, 5.41) is 38.9. The molecule has 0 saturated heterocycles. The van der Waals surface area contributed by atoms with Crippen molar-refractivity contribution in [2.75, 3.05) is 0 Å². The molecule has 0 spiro atoms. The number of nitrogens with one attached hydrogen (secondary N) is 2. The first-order chi connectivity index (χ1) is 7.61. The smallest absolute Gasteiger partial charge is 0.377 e. The van der Waals surface area contributed by atoms with Gasteiger partial charge < -0.3 is 10.2 Å². The summed E-state index contributed by atoms with van der Waals surface area (Å²) in [5.74, 6) is -2.99. The summed E-state index contributed by atoms with van der Waals surface area (Å²) in [5.41, 5.74) is 0. The Morgan fingerprint density at radius 2 is 1.24 bits per heavy atom. The monoisotopic (exact) mass is 292 g/mol. The van der Waals surface area contributed by atoms with Gasteiger partial charge in [0.05, 0.1) is 0 Å². The fraction of sp³-hybridized carbons (Fsp3) is 0. The van der Waals surface area contributed by atoms with E-state index >= 15 is 0 Å². The molecule has 0 aliphatic rings. The average molecular weight is 294 g/mol. The van der Waals surface area contributed by atoms with Crippen LogP contribution < -0.4 is 0 Å². The molecule has 0 radical (unpaired) electrons. The molecule has 0 saturated carbocycles. The Hall–Kier alpha value is -2.30. The molecule has 12 nitrogen and oxygen atoms in total. The van der Waals surface area contributed by atoms with Crippen LogP contribution in [-0.4, -0.2) is 63.4 Å². The minimum Gasteiger partial charge on any atom is -0.475 e. The number of carboxylic acid groups (broad SMARTS) is 2. The largest absolute Gasteiger partial charge is 0.475 e. The van der Waals surface area contributed by atoms with Crippen molar-refractivity contribution in [3.8, 4) is 0 Å². The van der Waals surface area contributed by atoms with Gasteiger partial charge in [0.2, 0.25) is 0 Å². The number of aromatic carboxylic acids is 2. The minimum absolute atomic E-state index is 0. The topological polar surface area (TPSA) is 184 Å². The van der Waals surface area contributed by atoms with Gasteiger partial charge in [-0.2, -0.15) is 10.4 Å². The standard InChI is InChI=1S/2C2H2N4O2.Zn/c2*7-2(8)1-3-5-6-4-1;/h2*(H,7,8)(H,3,4,5,6);. The molecule has 2 heterocycles. The second kappa shape index (κ2) is 7.06. The zero-order valence-electron chi connectivity index (χ0n) is 8.10. The van der Waals surface area contributed by atoms with Crippen molar-refractivity contribution in [1.29, 1.82) is 0 Å². The molecule has 0 unspecified atom stereocenters. The van der Waals surface area contributed by atoms with Crippen molar-refractivity contribution in [2.45, 2.75) is 0 Å². The van der Waals surface area contributed by atoms with Crippen molar-refractivity contribution < 1.29 is 39.3 Å². The second-order valence-electron chi connectivity index (χ2n) is 2.08. The molecular weight excluding hydrogens is 289 g/mol. The number of hydrogen-bond donors (Lipinski definition) is 4. The van der Waals surface area contributed by atoms with Gasteiger partial charge >= 0.3 is 11.9 Å². The number of aromatic amines is 2. The molecule has 2 aromatic heterocycles. The Bertz CT molecular complexity index is 410. The Kier molecular flexibility index (Phi) is 6.10. The number of carboxylic acids is 2. The van der Waals surface area contributed by atoms with Gasteiger partial charge in [0.15, 0.2) is 0 Å². The van der Waals surface area contributed by atoms with Crippen LogP contribution >= 0.6 is 0 Å². The van der Waals surface area contributed by atoms with Crippen molar-refractivity contribution in [3.63, 3.8) is 0 Å². The van der Waals surface area contributed by atoms with E-state index in [1.165, 1.54) is 0 Å². The summed E-state index contributed by atoms with van der Waals surface area (Å²) in [6.07, 6.45) is 0. The van der Waals surface area contributed by atoms with Crippen LogP contribution in [0, 0.1) is 0 Å². The molecule has 2 rings (SSSR count). The van der Waals surface area contributed by atoms with E-state index in [1.807, 2.05) is 10.4 Å². The first kappa shape index (κ1) is 14.7. The number of hydrogen-bond acceptors (Lipinski definition) is 8. The van der Waals surface area contributed by atoms with Crippen molar-refractivity contribution in [3.05, 3.63) is 11.6 Å². The third kappa shape index (κ3) is 4.83. The predicted octanol–water partition coefficient (Wildman–Crippen LogP) is -2.21. The zero-order chi connectivity index (χ0) is 12.0. The van der Waals surface area contributed by atoms with E-state index in [1.54, 1.807) is 0 Å². The minimum atomic E-state index is -1.18. The van der Waals surface area contributed by atoms with E-state index in [4.69, 9.17) is 10.2 Å². The summed E-state index contributed by atoms with van der Waals surface area (Å²) in [6.45, 7) is 0. The SMILES string of the molecule is O=C(O)c1nn[nH]n1.O=C(O)c1nn[nH]n1.[Zn]. The summed E-state index contributed by atoms with van der Waals surface area (Å²) < 4.78 is 0. The second-order valence-corrected chi connectivity index (χ2v) is 2.08. The van der Waals surface area contributed by atoms with Gasteiger partial charge in [-0.1, -0.05) is 0 Å². The van der Waals surface area contributed by atoms with Crippen LogP contribution in [0.2, 0.25) is 0 Å². The number of carbonyl (C=O) groups is 2. The molecule has 0 aliphatic carbocycles. The zero-order valence-corrected chi connectivity index (χ0v) is 11.1. The number of H-pyrrole nitrogens is 2. The van der Waals surface area contributed by atoms with Gasteiger partial charge in [-0.25, -0.2) is 9.59 Å². The summed E-state index contributed by atoms with van der Waals surface area (Å²) in [4.78, 5) is 19.8. The van der Waals surface area contributed by atoms with E-state index in [-0.39, 0.29) is 31.1 Å². The van der Waals surface area contributed by atoms with Gasteiger partial charge in [0.1, 0.15) is 0 Å². The molecule has 0 fully saturated rings. The molecule has 0 aliphatic heterocycles. The Labute approximate surface area is 105 Å². The summed E-state index contributed by atoms with van der Waals surface area (Å²) in [7, 11) is 0. The summed E-state index contributed by atoms with van der Waals surface area (Å²) >= 11 is 0. The van der Waals surface area contributed by atoms with Gasteiger partial charge in [-0.3, -0.25) is 0 Å². The van der Waals surface area contributed by atoms with Gasteiger partial charge in [0, 0.05) is 19.5 Å². The fourth-order valence-electron chi connectivity index (χ4n) is 0.505. The molecule has 0 aromatic carbocycles. The number of tetrazole rings is 2. The molecule has 13 heteroatoms. The third-order valence-corrected chi connectivity index (χ3v) is 1.07. The van der Waals surface area contributed by atoms with Crippen LogP contribution in [0.4, 0.5) is 0 Å². The van der Waals surface area contributed by atoms with E-state index in [0.29, 0.717) is 0 Å². The predicted molar refractivity (Wildman–Crippen MR) is 42.3 cm³/mol. The molecule has 0 amide bonds. The molecule has 0 atom stereocenters. The fourth-order valence-corrected chi connectivity index (χ4v) is 0.505. The van der Waals surface area contributed by atoms with Crippen molar-refractivity contribution in [2.24, 2.45) is 0 Å². The molecule has 17 heavy (non-hydrogen) atoms. The number of nitrogens with zero attached hydrogens (tertiary/aromatic N) is 6. The Morgan fingerprint density at radius 1 is 0.882 bits per heavy atom. The van der Waals surface area contributed by atoms with Crippen LogP contribution in [0.3, 0.4) is 0 Å². The average Bonchev–Trinajstić information content (AvgIpc) is 2.93. The Balaban J connectivity index is 0.000000284. The van der Waals surface area contributed by atoms with Gasteiger partial charge in [-0.15, -0.1) is 20.4 Å². The number of aromatic nitrogens is 8. The maximum Gasteiger partial charge on any atom is 0.377 e. The molecule has 4 N–H and O–H groups in total. The van der Waals surface area contributed by atoms with E-state index in [2.05, 4.69) is 30.8 Å². The van der Waals surface area contributed by atoms with Crippen LogP contribution in [0.1, 0.15) is 21.2 Å². The Morgan fingerprint density at radius 3 is 1.35 bits per heavy atom.